The highest BCUT2D eigenvalue weighted by molar-refractivity contribution is 7.91. The third-order valence-corrected chi connectivity index (χ3v) is 6.80. The highest BCUT2D eigenvalue weighted by atomic mass is 35.5. The van der Waals surface area contributed by atoms with E-state index < -0.39 is 45.1 Å². The van der Waals surface area contributed by atoms with Gasteiger partial charge in [0, 0.05) is 39.3 Å². The fourth-order valence-electron chi connectivity index (χ4n) is 3.72. The van der Waals surface area contributed by atoms with Crippen molar-refractivity contribution in [3.05, 3.63) is 69.6 Å². The second kappa shape index (κ2) is 11.1. The number of alkyl halides is 3. The standard InChI is InChI=1S/C24H26ClF3N6O3S/c1-5-16(12-38(4,29)37)31-22(35)17-10-15(25)9-14(3)20(17)32-23(36)18-11-19(24(26,27)28)33-34(18)21-13(2)7-6-8-30-21/h6-11,16,29H,5,12H2,1-4H3,(H,31,35)(H,32,36). The molecule has 2 aromatic heterocycles. The molecule has 2 amide bonds. The lowest BCUT2D eigenvalue weighted by atomic mass is 10.1. The third-order valence-electron chi connectivity index (χ3n) is 5.55. The molecule has 38 heavy (non-hydrogen) atoms. The zero-order chi connectivity index (χ0) is 28.4. The van der Waals surface area contributed by atoms with E-state index in [1.165, 1.54) is 24.6 Å². The van der Waals surface area contributed by atoms with E-state index in [2.05, 4.69) is 20.7 Å². The van der Waals surface area contributed by atoms with E-state index in [-0.39, 0.29) is 27.8 Å². The molecular weight excluding hydrogens is 545 g/mol. The number of pyridine rings is 1. The zero-order valence-electron chi connectivity index (χ0n) is 20.9. The van der Waals surface area contributed by atoms with Crippen molar-refractivity contribution in [2.75, 3.05) is 17.3 Å². The van der Waals surface area contributed by atoms with Crippen LogP contribution in [0.5, 0.6) is 0 Å². The van der Waals surface area contributed by atoms with Crippen LogP contribution in [0.4, 0.5) is 18.9 Å². The van der Waals surface area contributed by atoms with Gasteiger partial charge in [-0.25, -0.2) is 9.67 Å². The predicted molar refractivity (Wildman–Crippen MR) is 138 cm³/mol. The number of benzene rings is 1. The molecule has 14 heteroatoms. The molecule has 0 radical (unpaired) electrons. The minimum atomic E-state index is -4.82. The SMILES string of the molecule is CCC(CS(C)(=N)=O)NC(=O)c1cc(Cl)cc(C)c1NC(=O)c1cc(C(F)(F)F)nn1-c1ncccc1C. The van der Waals surface area contributed by atoms with E-state index in [0.717, 1.165) is 4.68 Å². The van der Waals surface area contributed by atoms with Crippen molar-refractivity contribution in [1.82, 2.24) is 20.1 Å². The molecule has 0 aliphatic heterocycles. The topological polar surface area (TPSA) is 130 Å². The van der Waals surface area contributed by atoms with Crippen molar-refractivity contribution in [1.29, 1.82) is 4.78 Å². The summed E-state index contributed by atoms with van der Waals surface area (Å²) in [5, 5.41) is 8.98. The lowest BCUT2D eigenvalue weighted by molar-refractivity contribution is -0.141. The molecule has 9 nitrogen and oxygen atoms in total. The van der Waals surface area contributed by atoms with Crippen molar-refractivity contribution in [2.24, 2.45) is 0 Å². The van der Waals surface area contributed by atoms with Gasteiger partial charge in [-0.05, 0) is 49.6 Å². The Hall–Kier alpha value is -3.45. The Morgan fingerprint density at radius 3 is 2.45 bits per heavy atom. The van der Waals surface area contributed by atoms with Gasteiger partial charge in [0.2, 0.25) is 0 Å². The predicted octanol–water partition coefficient (Wildman–Crippen LogP) is 4.99. The maximum Gasteiger partial charge on any atom is 0.435 e. The van der Waals surface area contributed by atoms with Gasteiger partial charge in [0.15, 0.2) is 11.5 Å². The highest BCUT2D eigenvalue weighted by Crippen LogP contribution is 2.31. The van der Waals surface area contributed by atoms with Crippen LogP contribution in [0, 0.1) is 18.6 Å². The summed E-state index contributed by atoms with van der Waals surface area (Å²) in [7, 11) is -2.91. The fraction of sp³-hybridized carbons (Fsp3) is 0.333. The summed E-state index contributed by atoms with van der Waals surface area (Å²) >= 11 is 6.16. The summed E-state index contributed by atoms with van der Waals surface area (Å²) < 4.78 is 60.9. The summed E-state index contributed by atoms with van der Waals surface area (Å²) in [5.41, 5.74) is -0.915. The Kier molecular flexibility index (Phi) is 8.52. The molecule has 2 atom stereocenters. The molecule has 0 bridgehead atoms. The molecule has 0 spiro atoms. The summed E-state index contributed by atoms with van der Waals surface area (Å²) in [6.07, 6.45) is -1.81. The second-order valence-electron chi connectivity index (χ2n) is 8.82. The van der Waals surface area contributed by atoms with Crippen LogP contribution >= 0.6 is 11.6 Å². The number of anilines is 1. The van der Waals surface area contributed by atoms with E-state index in [9.17, 15) is 27.0 Å². The lowest BCUT2D eigenvalue weighted by Gasteiger charge is -2.20. The monoisotopic (exact) mass is 570 g/mol. The molecule has 2 heterocycles. The van der Waals surface area contributed by atoms with Gasteiger partial charge in [-0.2, -0.15) is 18.3 Å². The quantitative estimate of drug-likeness (QED) is 0.351. The molecule has 3 rings (SSSR count). The third kappa shape index (κ3) is 6.90. The van der Waals surface area contributed by atoms with E-state index in [1.54, 1.807) is 32.9 Å². The Labute approximate surface area is 222 Å². The number of carbonyl (C=O) groups excluding carboxylic acids is 2. The maximum absolute atomic E-state index is 13.5. The maximum atomic E-state index is 13.5. The first-order chi connectivity index (χ1) is 17.6. The van der Waals surface area contributed by atoms with Crippen molar-refractivity contribution >= 4 is 38.8 Å². The summed E-state index contributed by atoms with van der Waals surface area (Å²) in [6, 6.07) is 6.00. The average Bonchev–Trinajstić information content (AvgIpc) is 3.25. The first-order valence-electron chi connectivity index (χ1n) is 11.3. The van der Waals surface area contributed by atoms with Gasteiger partial charge in [-0.3, -0.25) is 18.6 Å². The Morgan fingerprint density at radius 1 is 1.18 bits per heavy atom. The number of amides is 2. The molecule has 1 aromatic carbocycles. The number of hydrogen-bond acceptors (Lipinski definition) is 6. The van der Waals surface area contributed by atoms with Crippen LogP contribution in [-0.2, 0) is 15.9 Å². The number of halogens is 4. The van der Waals surface area contributed by atoms with Crippen LogP contribution in [0.15, 0.2) is 36.5 Å². The molecule has 0 fully saturated rings. The van der Waals surface area contributed by atoms with E-state index >= 15 is 0 Å². The van der Waals surface area contributed by atoms with Gasteiger partial charge >= 0.3 is 6.18 Å². The molecule has 0 aliphatic carbocycles. The summed E-state index contributed by atoms with van der Waals surface area (Å²) in [4.78, 5) is 30.6. The second-order valence-corrected chi connectivity index (χ2v) is 11.6. The van der Waals surface area contributed by atoms with Crippen LogP contribution in [0.2, 0.25) is 5.02 Å². The van der Waals surface area contributed by atoms with Crippen LogP contribution in [0.3, 0.4) is 0 Å². The minimum Gasteiger partial charge on any atom is -0.348 e. The largest absolute Gasteiger partial charge is 0.435 e. The van der Waals surface area contributed by atoms with Gasteiger partial charge in [-0.15, -0.1) is 0 Å². The lowest BCUT2D eigenvalue weighted by Crippen LogP contribution is -2.39. The molecule has 0 aliphatic rings. The number of carbonyl (C=O) groups is 2. The number of nitrogens with zero attached hydrogens (tertiary/aromatic N) is 3. The highest BCUT2D eigenvalue weighted by Gasteiger charge is 2.36. The number of rotatable bonds is 8. The van der Waals surface area contributed by atoms with E-state index in [1.807, 2.05) is 0 Å². The van der Waals surface area contributed by atoms with Gasteiger partial charge in [0.1, 0.15) is 5.69 Å². The normalized spacial score (nSPS) is 14.0. The molecule has 2 unspecified atom stereocenters. The Balaban J connectivity index is 2.04. The van der Waals surface area contributed by atoms with Crippen molar-refractivity contribution in [2.45, 2.75) is 39.4 Å². The van der Waals surface area contributed by atoms with Crippen molar-refractivity contribution in [3.8, 4) is 5.82 Å². The van der Waals surface area contributed by atoms with Crippen LogP contribution in [0.1, 0.15) is 51.0 Å². The number of nitrogens with one attached hydrogen (secondary N) is 3. The summed E-state index contributed by atoms with van der Waals surface area (Å²) in [5.74, 6) is -1.68. The number of hydrogen-bond donors (Lipinski definition) is 3. The molecule has 204 valence electrons. The minimum absolute atomic E-state index is 0.0221. The van der Waals surface area contributed by atoms with Gasteiger partial charge in [0.25, 0.3) is 11.8 Å². The molecule has 3 N–H and O–H groups in total. The Bertz CT molecular complexity index is 1490. The van der Waals surface area contributed by atoms with Crippen LogP contribution < -0.4 is 10.6 Å². The smallest absolute Gasteiger partial charge is 0.348 e. The van der Waals surface area contributed by atoms with Crippen LogP contribution in [0.25, 0.3) is 5.82 Å². The zero-order valence-corrected chi connectivity index (χ0v) is 22.5. The van der Waals surface area contributed by atoms with Crippen molar-refractivity contribution < 1.29 is 27.0 Å². The van der Waals surface area contributed by atoms with E-state index in [4.69, 9.17) is 16.4 Å². The number of aromatic nitrogens is 3. The van der Waals surface area contributed by atoms with Gasteiger partial charge in [-0.1, -0.05) is 24.6 Å². The Morgan fingerprint density at radius 2 is 1.87 bits per heavy atom. The molecule has 0 saturated heterocycles. The molecular formula is C24H26ClF3N6O3S. The first-order valence-corrected chi connectivity index (χ1v) is 13.8. The van der Waals surface area contributed by atoms with E-state index in [0.29, 0.717) is 23.6 Å². The summed E-state index contributed by atoms with van der Waals surface area (Å²) in [6.45, 7) is 4.93. The van der Waals surface area contributed by atoms with Gasteiger partial charge in [0.05, 0.1) is 17.0 Å². The van der Waals surface area contributed by atoms with Crippen molar-refractivity contribution in [3.63, 3.8) is 0 Å². The molecule has 0 saturated carbocycles. The fourth-order valence-corrected chi connectivity index (χ4v) is 5.08. The molecule has 3 aromatic rings. The average molecular weight is 571 g/mol. The number of aryl methyl sites for hydroxylation is 2. The van der Waals surface area contributed by atoms with Crippen LogP contribution in [-0.4, -0.2) is 48.8 Å². The first kappa shape index (κ1) is 29.1. The van der Waals surface area contributed by atoms with Gasteiger partial charge < -0.3 is 10.6 Å².